The molecule has 9 heteroatoms. The second-order valence-corrected chi connectivity index (χ2v) is 12.6. The van der Waals surface area contributed by atoms with Crippen molar-refractivity contribution in [3.05, 3.63) is 101 Å². The molecule has 3 amide bonds. The first kappa shape index (κ1) is 28.5. The smallest absolute Gasteiger partial charge is 0.269 e. The molecule has 214 valence electrons. The van der Waals surface area contributed by atoms with Crippen molar-refractivity contribution < 1.29 is 22.8 Å². The summed E-state index contributed by atoms with van der Waals surface area (Å²) in [5.74, 6) is -1.26. The molecule has 0 unspecified atom stereocenters. The summed E-state index contributed by atoms with van der Waals surface area (Å²) in [5, 5.41) is 3.17. The number of aryl methyl sites for hydroxylation is 1. The maximum Gasteiger partial charge on any atom is 0.269 e. The molecular formula is C32H35N3O5S. The Morgan fingerprint density at radius 1 is 0.951 bits per heavy atom. The molecule has 1 aliphatic carbocycles. The van der Waals surface area contributed by atoms with Crippen molar-refractivity contribution in [3.63, 3.8) is 0 Å². The van der Waals surface area contributed by atoms with Crippen molar-refractivity contribution >= 4 is 27.7 Å². The van der Waals surface area contributed by atoms with Crippen molar-refractivity contribution in [2.75, 3.05) is 6.54 Å². The van der Waals surface area contributed by atoms with E-state index in [1.807, 2.05) is 61.5 Å². The monoisotopic (exact) mass is 573 g/mol. The quantitative estimate of drug-likeness (QED) is 0.391. The first-order valence-corrected chi connectivity index (χ1v) is 15.5. The van der Waals surface area contributed by atoms with Crippen LogP contribution in [-0.2, 0) is 32.6 Å². The Kier molecular flexibility index (Phi) is 8.54. The van der Waals surface area contributed by atoms with Crippen LogP contribution in [-0.4, -0.2) is 54.0 Å². The van der Waals surface area contributed by atoms with Crippen molar-refractivity contribution in [3.8, 4) is 0 Å². The first-order valence-electron chi connectivity index (χ1n) is 14.1. The Hall–Kier alpha value is -3.98. The van der Waals surface area contributed by atoms with E-state index in [1.165, 1.54) is 12.1 Å². The van der Waals surface area contributed by atoms with Gasteiger partial charge in [-0.3, -0.25) is 14.4 Å². The van der Waals surface area contributed by atoms with Gasteiger partial charge in [0.25, 0.3) is 15.9 Å². The Morgan fingerprint density at radius 2 is 1.61 bits per heavy atom. The molecule has 0 radical (unpaired) electrons. The number of amides is 3. The molecule has 0 spiro atoms. The molecule has 0 aromatic heterocycles. The molecule has 2 aliphatic rings. The van der Waals surface area contributed by atoms with Gasteiger partial charge in [0.05, 0.1) is 5.56 Å². The molecular weight excluding hydrogens is 538 g/mol. The number of fused-ring (bicyclic) bond motifs is 1. The van der Waals surface area contributed by atoms with Crippen LogP contribution >= 0.6 is 0 Å². The van der Waals surface area contributed by atoms with Crippen LogP contribution in [0.1, 0.15) is 59.2 Å². The minimum atomic E-state index is -4.05. The average molecular weight is 574 g/mol. The largest absolute Gasteiger partial charge is 0.352 e. The fraction of sp³-hybridized carbons (Fsp3) is 0.344. The summed E-state index contributed by atoms with van der Waals surface area (Å²) in [6.45, 7) is 1.83. The highest BCUT2D eigenvalue weighted by Gasteiger charge is 2.41. The molecule has 1 N–H and O–H groups in total. The van der Waals surface area contributed by atoms with Crippen molar-refractivity contribution in [1.29, 1.82) is 0 Å². The van der Waals surface area contributed by atoms with E-state index >= 15 is 0 Å². The van der Waals surface area contributed by atoms with Crippen LogP contribution in [0.25, 0.3) is 0 Å². The van der Waals surface area contributed by atoms with Crippen molar-refractivity contribution in [2.24, 2.45) is 0 Å². The third-order valence-corrected chi connectivity index (χ3v) is 9.86. The van der Waals surface area contributed by atoms with E-state index in [1.54, 1.807) is 17.0 Å². The zero-order chi connectivity index (χ0) is 29.0. The van der Waals surface area contributed by atoms with Gasteiger partial charge < -0.3 is 10.2 Å². The van der Waals surface area contributed by atoms with E-state index in [9.17, 15) is 22.8 Å². The number of hydrogen-bond acceptors (Lipinski definition) is 5. The molecule has 1 atom stereocenters. The maximum absolute atomic E-state index is 14.0. The second kappa shape index (κ2) is 12.3. The summed E-state index contributed by atoms with van der Waals surface area (Å²) in [5.41, 5.74) is 2.89. The van der Waals surface area contributed by atoms with Crippen LogP contribution < -0.4 is 5.32 Å². The van der Waals surface area contributed by atoms with Gasteiger partial charge in [-0.05, 0) is 48.6 Å². The molecule has 3 aromatic carbocycles. The van der Waals surface area contributed by atoms with Crippen LogP contribution in [0.4, 0.5) is 0 Å². The fourth-order valence-electron chi connectivity index (χ4n) is 5.69. The van der Waals surface area contributed by atoms with Gasteiger partial charge in [-0.15, -0.1) is 0 Å². The Morgan fingerprint density at radius 3 is 2.32 bits per heavy atom. The summed E-state index contributed by atoms with van der Waals surface area (Å²) < 4.78 is 27.0. The molecule has 1 heterocycles. The summed E-state index contributed by atoms with van der Waals surface area (Å²) >= 11 is 0. The summed E-state index contributed by atoms with van der Waals surface area (Å²) in [6, 6.07) is 22.6. The van der Waals surface area contributed by atoms with Gasteiger partial charge in [0, 0.05) is 32.0 Å². The Bertz CT molecular complexity index is 1530. The number of carbonyl (C=O) groups is 3. The normalized spacial score (nSPS) is 16.8. The lowest BCUT2D eigenvalue weighted by Crippen LogP contribution is -2.52. The van der Waals surface area contributed by atoms with Crippen LogP contribution in [0.5, 0.6) is 0 Å². The number of carbonyl (C=O) groups excluding carboxylic acids is 3. The lowest BCUT2D eigenvalue weighted by atomic mass is 10.0. The summed E-state index contributed by atoms with van der Waals surface area (Å²) in [7, 11) is -4.05. The summed E-state index contributed by atoms with van der Waals surface area (Å²) in [4.78, 5) is 42.3. The highest BCUT2D eigenvalue weighted by Crippen LogP contribution is 2.30. The predicted molar refractivity (Wildman–Crippen MR) is 155 cm³/mol. The predicted octanol–water partition coefficient (Wildman–Crippen LogP) is 4.23. The summed E-state index contributed by atoms with van der Waals surface area (Å²) in [6.07, 6.45) is 3.99. The molecule has 1 saturated carbocycles. The van der Waals surface area contributed by atoms with Crippen LogP contribution in [0.15, 0.2) is 83.8 Å². The highest BCUT2D eigenvalue weighted by molar-refractivity contribution is 7.90. The topological polar surface area (TPSA) is 104 Å². The minimum Gasteiger partial charge on any atom is -0.352 e. The highest BCUT2D eigenvalue weighted by atomic mass is 32.2. The third kappa shape index (κ3) is 6.20. The number of hydrogen-bond donors (Lipinski definition) is 1. The number of nitrogens with one attached hydrogen (secondary N) is 1. The van der Waals surface area contributed by atoms with E-state index in [0.29, 0.717) is 6.42 Å². The van der Waals surface area contributed by atoms with Gasteiger partial charge in [0.2, 0.25) is 11.8 Å². The fourth-order valence-corrected chi connectivity index (χ4v) is 7.26. The molecule has 1 fully saturated rings. The molecule has 0 saturated heterocycles. The SMILES string of the molecule is Cc1ccccc1CN(C(=O)CCN1C(=O)c2ccccc2S1(=O)=O)[C@@H](Cc1ccccc1)C(=O)NC1CCCC1. The number of benzene rings is 3. The number of rotatable bonds is 10. The van der Waals surface area contributed by atoms with Crippen LogP contribution in [0.2, 0.25) is 0 Å². The zero-order valence-electron chi connectivity index (χ0n) is 23.2. The van der Waals surface area contributed by atoms with Gasteiger partial charge in [-0.25, -0.2) is 12.7 Å². The lowest BCUT2D eigenvalue weighted by molar-refractivity contribution is -0.141. The van der Waals surface area contributed by atoms with E-state index < -0.39 is 27.9 Å². The first-order chi connectivity index (χ1) is 19.8. The van der Waals surface area contributed by atoms with Gasteiger partial charge >= 0.3 is 0 Å². The standard InChI is InChI=1S/C32H35N3O5S/c1-23-11-5-6-14-25(23)22-34(28(21-24-12-3-2-4-13-24)31(37)33-26-15-7-8-16-26)30(36)19-20-35-32(38)27-17-9-10-18-29(27)41(35,39)40/h2-6,9-14,17-18,26,28H,7-8,15-16,19-22H2,1H3,(H,33,37)/t28-/m0/s1. The third-order valence-electron chi connectivity index (χ3n) is 8.02. The molecule has 5 rings (SSSR count). The van der Waals surface area contributed by atoms with Crippen molar-refractivity contribution in [2.45, 2.75) is 69.0 Å². The van der Waals surface area contributed by atoms with Gasteiger partial charge in [0.15, 0.2) is 0 Å². The van der Waals surface area contributed by atoms with E-state index in [0.717, 1.165) is 46.7 Å². The van der Waals surface area contributed by atoms with Crippen molar-refractivity contribution in [1.82, 2.24) is 14.5 Å². The molecule has 3 aromatic rings. The average Bonchev–Trinajstić information content (AvgIpc) is 3.55. The van der Waals surface area contributed by atoms with Crippen LogP contribution in [0.3, 0.4) is 0 Å². The minimum absolute atomic E-state index is 0.0490. The molecule has 0 bridgehead atoms. The van der Waals surface area contributed by atoms with Gasteiger partial charge in [-0.2, -0.15) is 0 Å². The Balaban J connectivity index is 1.44. The second-order valence-electron chi connectivity index (χ2n) is 10.8. The van der Waals surface area contributed by atoms with Gasteiger partial charge in [0.1, 0.15) is 10.9 Å². The van der Waals surface area contributed by atoms with E-state index in [4.69, 9.17) is 0 Å². The number of sulfonamides is 1. The Labute approximate surface area is 241 Å². The molecule has 1 aliphatic heterocycles. The lowest BCUT2D eigenvalue weighted by Gasteiger charge is -2.33. The van der Waals surface area contributed by atoms with Crippen LogP contribution in [0, 0.1) is 6.92 Å². The number of nitrogens with zero attached hydrogens (tertiary/aromatic N) is 2. The maximum atomic E-state index is 14.0. The van der Waals surface area contributed by atoms with E-state index in [-0.39, 0.29) is 41.9 Å². The zero-order valence-corrected chi connectivity index (χ0v) is 24.0. The van der Waals surface area contributed by atoms with E-state index in [2.05, 4.69) is 5.32 Å². The molecule has 41 heavy (non-hydrogen) atoms. The van der Waals surface area contributed by atoms with Gasteiger partial charge in [-0.1, -0.05) is 79.6 Å². The molecule has 8 nitrogen and oxygen atoms in total.